The maximum absolute atomic E-state index is 12.6. The van der Waals surface area contributed by atoms with Gasteiger partial charge in [0.05, 0.1) is 5.56 Å². The minimum absolute atomic E-state index is 0.0818. The van der Waals surface area contributed by atoms with E-state index in [0.29, 0.717) is 12.1 Å². The van der Waals surface area contributed by atoms with E-state index in [4.69, 9.17) is 0 Å². The summed E-state index contributed by atoms with van der Waals surface area (Å²) in [6, 6.07) is 5.32. The van der Waals surface area contributed by atoms with Gasteiger partial charge in [-0.25, -0.2) is 0 Å². The number of halogens is 1. The highest BCUT2D eigenvalue weighted by atomic mass is 79.9. The standard InChI is InChI=1S/C14H17BrN2O2/c1-9-5-6-11(15)10(8-9)14(19)17-7-3-4-12(17)13(18)16-2/h5-6,8,12H,3-4,7H2,1-2H3,(H,16,18). The normalized spacial score (nSPS) is 18.5. The predicted molar refractivity (Wildman–Crippen MR) is 77.0 cm³/mol. The Bertz CT molecular complexity index is 516. The van der Waals surface area contributed by atoms with Crippen molar-refractivity contribution >= 4 is 27.7 Å². The topological polar surface area (TPSA) is 49.4 Å². The Morgan fingerprint density at radius 3 is 2.84 bits per heavy atom. The Morgan fingerprint density at radius 2 is 2.16 bits per heavy atom. The van der Waals surface area contributed by atoms with Gasteiger partial charge in [0.2, 0.25) is 5.91 Å². The summed E-state index contributed by atoms with van der Waals surface area (Å²) in [5, 5.41) is 2.62. The molecule has 19 heavy (non-hydrogen) atoms. The van der Waals surface area contributed by atoms with E-state index in [0.717, 1.165) is 22.9 Å². The molecular weight excluding hydrogens is 308 g/mol. The van der Waals surface area contributed by atoms with Crippen LogP contribution in [-0.4, -0.2) is 36.3 Å². The van der Waals surface area contributed by atoms with Crippen molar-refractivity contribution in [1.29, 1.82) is 0 Å². The minimum atomic E-state index is -0.343. The van der Waals surface area contributed by atoms with Crippen molar-refractivity contribution in [3.05, 3.63) is 33.8 Å². The van der Waals surface area contributed by atoms with Crippen molar-refractivity contribution < 1.29 is 9.59 Å². The zero-order chi connectivity index (χ0) is 14.0. The lowest BCUT2D eigenvalue weighted by Gasteiger charge is -2.24. The first-order valence-electron chi connectivity index (χ1n) is 6.33. The first-order valence-corrected chi connectivity index (χ1v) is 7.12. The largest absolute Gasteiger partial charge is 0.357 e. The fourth-order valence-electron chi connectivity index (χ4n) is 2.41. The summed E-state index contributed by atoms with van der Waals surface area (Å²) in [6.45, 7) is 2.58. The molecule has 1 unspecified atom stereocenters. The van der Waals surface area contributed by atoms with E-state index in [1.54, 1.807) is 11.9 Å². The van der Waals surface area contributed by atoms with Crippen LogP contribution in [0.1, 0.15) is 28.8 Å². The van der Waals surface area contributed by atoms with Crippen molar-refractivity contribution in [2.45, 2.75) is 25.8 Å². The van der Waals surface area contributed by atoms with Crippen LogP contribution in [0.5, 0.6) is 0 Å². The zero-order valence-corrected chi connectivity index (χ0v) is 12.7. The monoisotopic (exact) mass is 324 g/mol. The first kappa shape index (κ1) is 14.1. The van der Waals surface area contributed by atoms with Crippen LogP contribution in [0.15, 0.2) is 22.7 Å². The van der Waals surface area contributed by atoms with Gasteiger partial charge in [-0.1, -0.05) is 11.6 Å². The molecule has 102 valence electrons. The van der Waals surface area contributed by atoms with Gasteiger partial charge in [0.25, 0.3) is 5.91 Å². The number of benzene rings is 1. The summed E-state index contributed by atoms with van der Waals surface area (Å²) in [5.74, 6) is -0.170. The molecule has 1 aliphatic rings. The number of likely N-dealkylation sites (N-methyl/N-ethyl adjacent to an activating group) is 1. The SMILES string of the molecule is CNC(=O)C1CCCN1C(=O)c1cc(C)ccc1Br. The summed E-state index contributed by atoms with van der Waals surface area (Å²) in [6.07, 6.45) is 1.60. The Kier molecular flexibility index (Phi) is 4.24. The fourth-order valence-corrected chi connectivity index (χ4v) is 2.82. The van der Waals surface area contributed by atoms with E-state index in [1.807, 2.05) is 25.1 Å². The molecule has 1 N–H and O–H groups in total. The van der Waals surface area contributed by atoms with E-state index in [-0.39, 0.29) is 17.9 Å². The molecule has 1 aromatic rings. The van der Waals surface area contributed by atoms with E-state index < -0.39 is 0 Å². The van der Waals surface area contributed by atoms with Gasteiger partial charge >= 0.3 is 0 Å². The fraction of sp³-hybridized carbons (Fsp3) is 0.429. The molecule has 4 nitrogen and oxygen atoms in total. The number of hydrogen-bond acceptors (Lipinski definition) is 2. The second-order valence-electron chi connectivity index (χ2n) is 4.75. The molecule has 0 bridgehead atoms. The summed E-state index contributed by atoms with van der Waals surface area (Å²) in [7, 11) is 1.60. The lowest BCUT2D eigenvalue weighted by atomic mass is 10.1. The van der Waals surface area contributed by atoms with E-state index in [9.17, 15) is 9.59 Å². The summed E-state index contributed by atoms with van der Waals surface area (Å²) in [4.78, 5) is 26.0. The Hall–Kier alpha value is -1.36. The van der Waals surface area contributed by atoms with Crippen LogP contribution >= 0.6 is 15.9 Å². The van der Waals surface area contributed by atoms with Crippen molar-refractivity contribution in [3.63, 3.8) is 0 Å². The number of nitrogens with one attached hydrogen (secondary N) is 1. The van der Waals surface area contributed by atoms with Crippen LogP contribution in [0, 0.1) is 6.92 Å². The number of rotatable bonds is 2. The van der Waals surface area contributed by atoms with Gasteiger partial charge in [-0.3, -0.25) is 9.59 Å². The number of amides is 2. The van der Waals surface area contributed by atoms with E-state index >= 15 is 0 Å². The average molecular weight is 325 g/mol. The molecule has 1 saturated heterocycles. The third-order valence-electron chi connectivity index (χ3n) is 3.41. The molecule has 0 spiro atoms. The lowest BCUT2D eigenvalue weighted by molar-refractivity contribution is -0.124. The molecule has 0 saturated carbocycles. The number of carbonyl (C=O) groups excluding carboxylic acids is 2. The number of hydrogen-bond donors (Lipinski definition) is 1. The second-order valence-corrected chi connectivity index (χ2v) is 5.61. The van der Waals surface area contributed by atoms with Crippen molar-refractivity contribution in [3.8, 4) is 0 Å². The Balaban J connectivity index is 2.28. The predicted octanol–water partition coefficient (Wildman–Crippen LogP) is 2.11. The van der Waals surface area contributed by atoms with Crippen molar-refractivity contribution in [2.75, 3.05) is 13.6 Å². The summed E-state index contributed by atoms with van der Waals surface area (Å²) in [5.41, 5.74) is 1.65. The van der Waals surface area contributed by atoms with Crippen molar-refractivity contribution in [2.24, 2.45) is 0 Å². The molecule has 0 radical (unpaired) electrons. The molecule has 5 heteroatoms. The van der Waals surface area contributed by atoms with Gasteiger partial charge in [-0.15, -0.1) is 0 Å². The molecule has 2 rings (SSSR count). The number of likely N-dealkylation sites (tertiary alicyclic amines) is 1. The molecule has 1 atom stereocenters. The average Bonchev–Trinajstić information content (AvgIpc) is 2.89. The highest BCUT2D eigenvalue weighted by molar-refractivity contribution is 9.10. The van der Waals surface area contributed by atoms with Gasteiger partial charge in [-0.2, -0.15) is 0 Å². The minimum Gasteiger partial charge on any atom is -0.357 e. The third-order valence-corrected chi connectivity index (χ3v) is 4.11. The van der Waals surface area contributed by atoms with Crippen LogP contribution in [-0.2, 0) is 4.79 Å². The highest BCUT2D eigenvalue weighted by Gasteiger charge is 2.34. The smallest absolute Gasteiger partial charge is 0.255 e. The number of carbonyl (C=O) groups is 2. The van der Waals surface area contributed by atoms with Crippen molar-refractivity contribution in [1.82, 2.24) is 10.2 Å². The summed E-state index contributed by atoms with van der Waals surface area (Å²) >= 11 is 3.40. The van der Waals surface area contributed by atoms with Crippen LogP contribution in [0.4, 0.5) is 0 Å². The second kappa shape index (κ2) is 5.74. The molecule has 1 fully saturated rings. The van der Waals surface area contributed by atoms with Gasteiger partial charge in [-0.05, 0) is 47.8 Å². The highest BCUT2D eigenvalue weighted by Crippen LogP contribution is 2.25. The molecule has 0 aromatic heterocycles. The Labute approximate surface area is 121 Å². The zero-order valence-electron chi connectivity index (χ0n) is 11.1. The number of aryl methyl sites for hydroxylation is 1. The van der Waals surface area contributed by atoms with Crippen LogP contribution in [0.3, 0.4) is 0 Å². The van der Waals surface area contributed by atoms with Gasteiger partial charge in [0.1, 0.15) is 6.04 Å². The molecule has 0 aliphatic carbocycles. The lowest BCUT2D eigenvalue weighted by Crippen LogP contribution is -2.45. The van der Waals surface area contributed by atoms with Crippen LogP contribution in [0.2, 0.25) is 0 Å². The van der Waals surface area contributed by atoms with Gasteiger partial charge in [0, 0.05) is 18.1 Å². The molecule has 1 aromatic carbocycles. The number of nitrogens with zero attached hydrogens (tertiary/aromatic N) is 1. The van der Waals surface area contributed by atoms with Crippen LogP contribution < -0.4 is 5.32 Å². The molecule has 1 heterocycles. The molecule has 2 amide bonds. The quantitative estimate of drug-likeness (QED) is 0.905. The van der Waals surface area contributed by atoms with Crippen LogP contribution in [0.25, 0.3) is 0 Å². The van der Waals surface area contributed by atoms with E-state index in [2.05, 4.69) is 21.2 Å². The maximum atomic E-state index is 12.6. The molecule has 1 aliphatic heterocycles. The Morgan fingerprint density at radius 1 is 1.42 bits per heavy atom. The first-order chi connectivity index (χ1) is 9.04. The maximum Gasteiger partial charge on any atom is 0.255 e. The van der Waals surface area contributed by atoms with Gasteiger partial charge < -0.3 is 10.2 Å². The van der Waals surface area contributed by atoms with Gasteiger partial charge in [0.15, 0.2) is 0 Å². The third kappa shape index (κ3) is 2.81. The van der Waals surface area contributed by atoms with E-state index in [1.165, 1.54) is 0 Å². The molecular formula is C14H17BrN2O2. The summed E-state index contributed by atoms with van der Waals surface area (Å²) < 4.78 is 0.769.